The molecular formula is C19H17NO2. The predicted octanol–water partition coefficient (Wildman–Crippen LogP) is 4.43. The first kappa shape index (κ1) is 14.1. The number of aryl methyl sites for hydroxylation is 2. The molecule has 0 aliphatic carbocycles. The fourth-order valence-electron chi connectivity index (χ4n) is 2.53. The standard InChI is InChI=1S/C19H17NO2/c1-12-9-13(2)16-7-6-15(20-17(16)10-12)5-3-14-4-8-18(21)19(22)11-14/h3-11,21-22H,1-2H3/b5-3+. The first-order chi connectivity index (χ1) is 10.5. The van der Waals surface area contributed by atoms with E-state index in [9.17, 15) is 10.2 Å². The van der Waals surface area contributed by atoms with E-state index in [1.54, 1.807) is 6.07 Å². The van der Waals surface area contributed by atoms with E-state index in [1.807, 2.05) is 18.2 Å². The van der Waals surface area contributed by atoms with E-state index in [4.69, 9.17) is 0 Å². The first-order valence-corrected chi connectivity index (χ1v) is 7.11. The van der Waals surface area contributed by atoms with Crippen LogP contribution in [-0.4, -0.2) is 15.2 Å². The molecule has 0 amide bonds. The van der Waals surface area contributed by atoms with Gasteiger partial charge in [0.25, 0.3) is 0 Å². The molecule has 0 radical (unpaired) electrons. The monoisotopic (exact) mass is 291 g/mol. The van der Waals surface area contributed by atoms with E-state index in [0.717, 1.165) is 22.2 Å². The molecule has 1 aromatic heterocycles. The second kappa shape index (κ2) is 5.53. The third-order valence-corrected chi connectivity index (χ3v) is 3.63. The number of hydrogen-bond acceptors (Lipinski definition) is 3. The minimum absolute atomic E-state index is 0.119. The zero-order chi connectivity index (χ0) is 15.7. The van der Waals surface area contributed by atoms with Crippen LogP contribution in [0.1, 0.15) is 22.4 Å². The molecular weight excluding hydrogens is 274 g/mol. The van der Waals surface area contributed by atoms with Crippen molar-refractivity contribution < 1.29 is 10.2 Å². The van der Waals surface area contributed by atoms with Crippen molar-refractivity contribution in [1.29, 1.82) is 0 Å². The molecule has 3 aromatic rings. The summed E-state index contributed by atoms with van der Waals surface area (Å²) in [4.78, 5) is 4.65. The number of hydrogen-bond donors (Lipinski definition) is 2. The van der Waals surface area contributed by atoms with Crippen LogP contribution >= 0.6 is 0 Å². The molecule has 0 aliphatic heterocycles. The Labute approximate surface area is 129 Å². The third kappa shape index (κ3) is 2.79. The first-order valence-electron chi connectivity index (χ1n) is 7.11. The quantitative estimate of drug-likeness (QED) is 0.687. The van der Waals surface area contributed by atoms with Crippen molar-refractivity contribution in [1.82, 2.24) is 4.98 Å². The largest absolute Gasteiger partial charge is 0.504 e. The fraction of sp³-hybridized carbons (Fsp3) is 0.105. The summed E-state index contributed by atoms with van der Waals surface area (Å²) in [6.07, 6.45) is 3.75. The van der Waals surface area contributed by atoms with Gasteiger partial charge in [0.05, 0.1) is 11.2 Å². The molecule has 2 N–H and O–H groups in total. The molecule has 110 valence electrons. The minimum atomic E-state index is -0.125. The number of phenols is 2. The zero-order valence-corrected chi connectivity index (χ0v) is 12.5. The molecule has 1 heterocycles. The number of nitrogens with zero attached hydrogens (tertiary/aromatic N) is 1. The Morgan fingerprint density at radius 2 is 1.68 bits per heavy atom. The molecule has 0 atom stereocenters. The molecule has 0 spiro atoms. The summed E-state index contributed by atoms with van der Waals surface area (Å²) in [6, 6.07) is 13.0. The molecule has 0 saturated heterocycles. The van der Waals surface area contributed by atoms with Gasteiger partial charge in [-0.15, -0.1) is 0 Å². The van der Waals surface area contributed by atoms with E-state index in [2.05, 4.69) is 37.0 Å². The predicted molar refractivity (Wildman–Crippen MR) is 89.9 cm³/mol. The van der Waals surface area contributed by atoms with Gasteiger partial charge in [-0.05, 0) is 60.9 Å². The average Bonchev–Trinajstić information content (AvgIpc) is 2.48. The molecule has 0 aliphatic rings. The number of benzene rings is 2. The maximum atomic E-state index is 9.50. The molecule has 2 aromatic carbocycles. The lowest BCUT2D eigenvalue weighted by Crippen LogP contribution is -1.87. The van der Waals surface area contributed by atoms with Gasteiger partial charge >= 0.3 is 0 Å². The van der Waals surface area contributed by atoms with E-state index >= 15 is 0 Å². The van der Waals surface area contributed by atoms with Gasteiger partial charge in [0.2, 0.25) is 0 Å². The molecule has 0 fully saturated rings. The highest BCUT2D eigenvalue weighted by atomic mass is 16.3. The highest BCUT2D eigenvalue weighted by Gasteiger charge is 2.01. The van der Waals surface area contributed by atoms with Crippen LogP contribution in [0.25, 0.3) is 23.1 Å². The summed E-state index contributed by atoms with van der Waals surface area (Å²) in [5.41, 5.74) is 5.06. The number of rotatable bonds is 2. The van der Waals surface area contributed by atoms with Crippen molar-refractivity contribution in [3.8, 4) is 11.5 Å². The topological polar surface area (TPSA) is 53.4 Å². The lowest BCUT2D eigenvalue weighted by atomic mass is 10.1. The van der Waals surface area contributed by atoms with Crippen molar-refractivity contribution in [3.63, 3.8) is 0 Å². The van der Waals surface area contributed by atoms with Gasteiger partial charge in [-0.1, -0.05) is 24.3 Å². The highest BCUT2D eigenvalue weighted by Crippen LogP contribution is 2.26. The van der Waals surface area contributed by atoms with Gasteiger partial charge in [-0.25, -0.2) is 4.98 Å². The van der Waals surface area contributed by atoms with Crippen molar-refractivity contribution in [2.45, 2.75) is 13.8 Å². The third-order valence-electron chi connectivity index (χ3n) is 3.63. The molecule has 22 heavy (non-hydrogen) atoms. The van der Waals surface area contributed by atoms with E-state index in [0.29, 0.717) is 0 Å². The van der Waals surface area contributed by atoms with Crippen LogP contribution in [0, 0.1) is 13.8 Å². The lowest BCUT2D eigenvalue weighted by Gasteiger charge is -2.04. The summed E-state index contributed by atoms with van der Waals surface area (Å²) < 4.78 is 0. The number of pyridine rings is 1. The number of aromatic nitrogens is 1. The number of phenolic OH excluding ortho intramolecular Hbond substituents is 2. The molecule has 3 rings (SSSR count). The summed E-state index contributed by atoms with van der Waals surface area (Å²) >= 11 is 0. The number of aromatic hydroxyl groups is 2. The SMILES string of the molecule is Cc1cc(C)c2ccc(/C=C/c3ccc(O)c(O)c3)nc2c1. The Balaban J connectivity index is 1.96. The molecule has 0 bridgehead atoms. The van der Waals surface area contributed by atoms with Gasteiger partial charge in [0.15, 0.2) is 11.5 Å². The zero-order valence-electron chi connectivity index (χ0n) is 12.5. The van der Waals surface area contributed by atoms with E-state index in [1.165, 1.54) is 23.3 Å². The van der Waals surface area contributed by atoms with Crippen molar-refractivity contribution in [3.05, 3.63) is 64.8 Å². The Morgan fingerprint density at radius 3 is 2.45 bits per heavy atom. The Morgan fingerprint density at radius 1 is 0.864 bits per heavy atom. The second-order valence-corrected chi connectivity index (χ2v) is 5.47. The van der Waals surface area contributed by atoms with Crippen LogP contribution in [0.15, 0.2) is 42.5 Å². The van der Waals surface area contributed by atoms with Crippen LogP contribution in [0.3, 0.4) is 0 Å². The molecule has 3 heteroatoms. The van der Waals surface area contributed by atoms with Crippen molar-refractivity contribution in [2.24, 2.45) is 0 Å². The van der Waals surface area contributed by atoms with Crippen LogP contribution in [-0.2, 0) is 0 Å². The smallest absolute Gasteiger partial charge is 0.157 e. The summed E-state index contributed by atoms with van der Waals surface area (Å²) in [5, 5.41) is 20.0. The van der Waals surface area contributed by atoms with Gasteiger partial charge in [0.1, 0.15) is 0 Å². The highest BCUT2D eigenvalue weighted by molar-refractivity contribution is 5.84. The average molecular weight is 291 g/mol. The molecule has 3 nitrogen and oxygen atoms in total. The van der Waals surface area contributed by atoms with Crippen molar-refractivity contribution in [2.75, 3.05) is 0 Å². The maximum absolute atomic E-state index is 9.50. The summed E-state index contributed by atoms with van der Waals surface area (Å²) in [6.45, 7) is 4.15. The van der Waals surface area contributed by atoms with Crippen LogP contribution in [0.4, 0.5) is 0 Å². The van der Waals surface area contributed by atoms with Crippen LogP contribution < -0.4 is 0 Å². The summed E-state index contributed by atoms with van der Waals surface area (Å²) in [7, 11) is 0. The Bertz CT molecular complexity index is 882. The Kier molecular flexibility index (Phi) is 3.55. The second-order valence-electron chi connectivity index (χ2n) is 5.47. The lowest BCUT2D eigenvalue weighted by molar-refractivity contribution is 0.403. The number of fused-ring (bicyclic) bond motifs is 1. The van der Waals surface area contributed by atoms with Crippen LogP contribution in [0.5, 0.6) is 11.5 Å². The fourth-order valence-corrected chi connectivity index (χ4v) is 2.53. The van der Waals surface area contributed by atoms with Gasteiger partial charge < -0.3 is 10.2 Å². The van der Waals surface area contributed by atoms with Gasteiger partial charge in [-0.2, -0.15) is 0 Å². The normalized spacial score (nSPS) is 11.4. The van der Waals surface area contributed by atoms with Crippen molar-refractivity contribution >= 4 is 23.1 Å². The van der Waals surface area contributed by atoms with Crippen LogP contribution in [0.2, 0.25) is 0 Å². The molecule has 0 unspecified atom stereocenters. The van der Waals surface area contributed by atoms with Gasteiger partial charge in [0, 0.05) is 5.39 Å². The van der Waals surface area contributed by atoms with E-state index in [-0.39, 0.29) is 11.5 Å². The molecule has 0 saturated carbocycles. The maximum Gasteiger partial charge on any atom is 0.157 e. The summed E-state index contributed by atoms with van der Waals surface area (Å²) in [5.74, 6) is -0.244. The Hall–Kier alpha value is -2.81. The van der Waals surface area contributed by atoms with E-state index < -0.39 is 0 Å². The van der Waals surface area contributed by atoms with Gasteiger partial charge in [-0.3, -0.25) is 0 Å². The minimum Gasteiger partial charge on any atom is -0.504 e.